The molecule has 0 saturated carbocycles. The fourth-order valence-corrected chi connectivity index (χ4v) is 4.57. The van der Waals surface area contributed by atoms with Gasteiger partial charge in [-0.05, 0) is 24.3 Å². The van der Waals surface area contributed by atoms with Crippen LogP contribution in [0.4, 0.5) is 17.2 Å². The van der Waals surface area contributed by atoms with Crippen LogP contribution in [0.5, 0.6) is 11.5 Å². The average molecular weight is 459 g/mol. The molecule has 32 heavy (non-hydrogen) atoms. The molecule has 1 N–H and O–H groups in total. The van der Waals surface area contributed by atoms with Crippen LogP contribution in [0.1, 0.15) is 6.92 Å². The molecule has 0 bridgehead atoms. The molecule has 0 aliphatic carbocycles. The smallest absolute Gasteiger partial charge is 0.178 e. The number of anilines is 3. The number of sulfone groups is 1. The third-order valence-electron chi connectivity index (χ3n) is 5.45. The van der Waals surface area contributed by atoms with E-state index in [0.29, 0.717) is 54.8 Å². The van der Waals surface area contributed by atoms with Gasteiger partial charge in [0.05, 0.1) is 55.0 Å². The van der Waals surface area contributed by atoms with Crippen LogP contribution in [-0.2, 0) is 14.6 Å². The maximum absolute atomic E-state index is 12.5. The number of hydrogen-bond acceptors (Lipinski definition) is 9. The molecule has 0 unspecified atom stereocenters. The van der Waals surface area contributed by atoms with Gasteiger partial charge >= 0.3 is 0 Å². The quantitative estimate of drug-likeness (QED) is 0.572. The summed E-state index contributed by atoms with van der Waals surface area (Å²) >= 11 is 0. The Bertz CT molecular complexity index is 1230. The zero-order valence-electron chi connectivity index (χ0n) is 18.3. The average Bonchev–Trinajstić information content (AvgIpc) is 2.83. The zero-order chi connectivity index (χ0) is 22.7. The maximum Gasteiger partial charge on any atom is 0.178 e. The lowest BCUT2D eigenvalue weighted by atomic mass is 10.2. The summed E-state index contributed by atoms with van der Waals surface area (Å²) < 4.78 is 41.4. The van der Waals surface area contributed by atoms with Crippen molar-refractivity contribution in [3.8, 4) is 11.5 Å². The van der Waals surface area contributed by atoms with E-state index in [4.69, 9.17) is 14.2 Å². The van der Waals surface area contributed by atoms with E-state index in [9.17, 15) is 8.42 Å². The number of nitrogens with zero attached hydrogens (tertiary/aromatic N) is 3. The normalized spacial score (nSPS) is 14.4. The Morgan fingerprint density at radius 2 is 1.78 bits per heavy atom. The lowest BCUT2D eigenvalue weighted by Crippen LogP contribution is -2.36. The van der Waals surface area contributed by atoms with E-state index < -0.39 is 9.84 Å². The van der Waals surface area contributed by atoms with Gasteiger partial charge in [-0.25, -0.2) is 18.4 Å². The Hall–Kier alpha value is -3.11. The number of aromatic nitrogens is 2. The van der Waals surface area contributed by atoms with Gasteiger partial charge in [0.25, 0.3) is 0 Å². The molecule has 4 rings (SSSR count). The molecule has 0 amide bonds. The van der Waals surface area contributed by atoms with Gasteiger partial charge in [-0.2, -0.15) is 0 Å². The van der Waals surface area contributed by atoms with E-state index in [1.54, 1.807) is 45.4 Å². The maximum atomic E-state index is 12.5. The number of methoxy groups -OCH3 is 2. The monoisotopic (exact) mass is 458 g/mol. The number of hydrogen-bond donors (Lipinski definition) is 1. The molecule has 9 nitrogen and oxygen atoms in total. The van der Waals surface area contributed by atoms with Crippen molar-refractivity contribution in [1.82, 2.24) is 9.97 Å². The lowest BCUT2D eigenvalue weighted by molar-refractivity contribution is 0.123. The molecule has 1 aromatic heterocycles. The topological polar surface area (TPSA) is 103 Å². The number of morpholine rings is 1. The molecule has 10 heteroatoms. The highest BCUT2D eigenvalue weighted by atomic mass is 32.2. The van der Waals surface area contributed by atoms with E-state index in [0.717, 1.165) is 11.1 Å². The summed E-state index contributed by atoms with van der Waals surface area (Å²) in [6.07, 6.45) is 1.46. The van der Waals surface area contributed by atoms with E-state index in [1.165, 1.54) is 6.33 Å². The van der Waals surface area contributed by atoms with Crippen LogP contribution in [0.3, 0.4) is 0 Å². The molecule has 2 aromatic carbocycles. The highest BCUT2D eigenvalue weighted by Gasteiger charge is 2.20. The first-order valence-corrected chi connectivity index (χ1v) is 12.0. The second-order valence-corrected chi connectivity index (χ2v) is 9.53. The van der Waals surface area contributed by atoms with Crippen molar-refractivity contribution in [3.63, 3.8) is 0 Å². The fraction of sp³-hybridized carbons (Fsp3) is 0.364. The van der Waals surface area contributed by atoms with Crippen LogP contribution in [-0.4, -0.2) is 64.7 Å². The van der Waals surface area contributed by atoms with E-state index in [1.807, 2.05) is 6.07 Å². The van der Waals surface area contributed by atoms with Gasteiger partial charge in [0.1, 0.15) is 12.1 Å². The zero-order valence-corrected chi connectivity index (χ0v) is 19.1. The molecule has 3 aromatic rings. The largest absolute Gasteiger partial charge is 0.493 e. The van der Waals surface area contributed by atoms with Crippen LogP contribution in [0, 0.1) is 0 Å². The predicted octanol–water partition coefficient (Wildman–Crippen LogP) is 3.02. The number of benzene rings is 2. The van der Waals surface area contributed by atoms with Crippen molar-refractivity contribution >= 4 is 37.9 Å². The molecule has 1 saturated heterocycles. The van der Waals surface area contributed by atoms with Crippen LogP contribution in [0.25, 0.3) is 10.9 Å². The lowest BCUT2D eigenvalue weighted by Gasteiger charge is -2.31. The van der Waals surface area contributed by atoms with Crippen molar-refractivity contribution < 1.29 is 22.6 Å². The summed E-state index contributed by atoms with van der Waals surface area (Å²) in [6.45, 7) is 4.29. The van der Waals surface area contributed by atoms with Gasteiger partial charge in [-0.3, -0.25) is 0 Å². The number of ether oxygens (including phenoxy) is 3. The number of rotatable bonds is 7. The van der Waals surface area contributed by atoms with Gasteiger partial charge in [-0.15, -0.1) is 0 Å². The van der Waals surface area contributed by atoms with Crippen molar-refractivity contribution in [2.75, 3.05) is 56.5 Å². The van der Waals surface area contributed by atoms with Gasteiger partial charge in [0.2, 0.25) is 0 Å². The summed E-state index contributed by atoms with van der Waals surface area (Å²) in [5.74, 6) is 1.68. The Balaban J connectivity index is 1.83. The summed E-state index contributed by atoms with van der Waals surface area (Å²) in [6, 6.07) is 8.74. The van der Waals surface area contributed by atoms with Crippen molar-refractivity contribution in [2.45, 2.75) is 11.8 Å². The van der Waals surface area contributed by atoms with Crippen molar-refractivity contribution in [3.05, 3.63) is 36.7 Å². The van der Waals surface area contributed by atoms with E-state index >= 15 is 0 Å². The fourth-order valence-electron chi connectivity index (χ4n) is 3.67. The molecular weight excluding hydrogens is 432 g/mol. The van der Waals surface area contributed by atoms with Crippen molar-refractivity contribution in [2.24, 2.45) is 0 Å². The molecule has 0 atom stereocenters. The molecule has 1 fully saturated rings. The van der Waals surface area contributed by atoms with E-state index in [-0.39, 0.29) is 10.6 Å². The summed E-state index contributed by atoms with van der Waals surface area (Å²) in [5.41, 5.74) is 2.21. The molecule has 2 heterocycles. The highest BCUT2D eigenvalue weighted by Crippen LogP contribution is 2.37. The summed E-state index contributed by atoms with van der Waals surface area (Å²) in [4.78, 5) is 11.2. The third-order valence-corrected chi connectivity index (χ3v) is 7.18. The predicted molar refractivity (Wildman–Crippen MR) is 123 cm³/mol. The van der Waals surface area contributed by atoms with Gasteiger partial charge in [0.15, 0.2) is 21.3 Å². The van der Waals surface area contributed by atoms with Crippen molar-refractivity contribution in [1.29, 1.82) is 0 Å². The highest BCUT2D eigenvalue weighted by molar-refractivity contribution is 7.91. The van der Waals surface area contributed by atoms with Gasteiger partial charge in [0, 0.05) is 24.5 Å². The first-order chi connectivity index (χ1) is 15.5. The molecular formula is C22H26N4O5S. The van der Waals surface area contributed by atoms with Gasteiger partial charge in [-0.1, -0.05) is 6.92 Å². The molecule has 170 valence electrons. The van der Waals surface area contributed by atoms with Gasteiger partial charge < -0.3 is 24.4 Å². The van der Waals surface area contributed by atoms with Crippen LogP contribution >= 0.6 is 0 Å². The Kier molecular flexibility index (Phi) is 6.33. The van der Waals surface area contributed by atoms with E-state index in [2.05, 4.69) is 20.2 Å². The first kappa shape index (κ1) is 22.1. The first-order valence-electron chi connectivity index (χ1n) is 10.3. The Labute approximate surface area is 187 Å². The molecule has 0 spiro atoms. The molecule has 1 aliphatic heterocycles. The Morgan fingerprint density at radius 1 is 1.06 bits per heavy atom. The molecule has 1 aliphatic rings. The summed E-state index contributed by atoms with van der Waals surface area (Å²) in [7, 11) is -0.242. The minimum atomic E-state index is -3.38. The van der Waals surface area contributed by atoms with Crippen LogP contribution < -0.4 is 19.7 Å². The third kappa shape index (κ3) is 4.28. The Morgan fingerprint density at radius 3 is 2.47 bits per heavy atom. The standard InChI is InChI=1S/C22H26N4O5S/c1-4-32(27,28)15-5-6-19(26-7-9-31-10-8-26)18(11-15)25-22-16-12-20(29-2)21(30-3)13-17(16)23-14-24-22/h5-6,11-14H,4,7-10H2,1-3H3,(H,23,24,25). The second kappa shape index (κ2) is 9.17. The summed E-state index contributed by atoms with van der Waals surface area (Å²) in [5, 5.41) is 4.07. The minimum Gasteiger partial charge on any atom is -0.493 e. The second-order valence-electron chi connectivity index (χ2n) is 7.25. The van der Waals surface area contributed by atoms with Crippen LogP contribution in [0.2, 0.25) is 0 Å². The molecule has 0 radical (unpaired) electrons. The number of nitrogens with one attached hydrogen (secondary N) is 1. The van der Waals surface area contributed by atoms with Crippen LogP contribution in [0.15, 0.2) is 41.6 Å². The minimum absolute atomic E-state index is 0.0246. The SMILES string of the molecule is CCS(=O)(=O)c1ccc(N2CCOCC2)c(Nc2ncnc3cc(OC)c(OC)cc23)c1. The number of fused-ring (bicyclic) bond motifs is 1.